The van der Waals surface area contributed by atoms with Gasteiger partial charge in [-0.1, -0.05) is 55.1 Å². The van der Waals surface area contributed by atoms with E-state index >= 15 is 0 Å². The van der Waals surface area contributed by atoms with Gasteiger partial charge < -0.3 is 24.4 Å². The SMILES string of the molecule is COc1ccc(S(=O)(=O)N(CC(=O)N(Cc2ccccc2C)[C@@H](C)C(=O)NC2CCCCC2)c2cc(Cl)ccc2OC)cc1OC. The molecule has 46 heavy (non-hydrogen) atoms. The summed E-state index contributed by atoms with van der Waals surface area (Å²) in [6, 6.07) is 15.4. The Balaban J connectivity index is 1.77. The summed E-state index contributed by atoms with van der Waals surface area (Å²) >= 11 is 6.35. The number of aryl methyl sites for hydroxylation is 1. The quantitative estimate of drug-likeness (QED) is 0.247. The van der Waals surface area contributed by atoms with Gasteiger partial charge in [-0.05, 0) is 68.1 Å². The number of halogens is 1. The Morgan fingerprint density at radius 2 is 1.57 bits per heavy atom. The van der Waals surface area contributed by atoms with Crippen LogP contribution < -0.4 is 23.8 Å². The summed E-state index contributed by atoms with van der Waals surface area (Å²) in [6.07, 6.45) is 4.98. The molecule has 248 valence electrons. The molecule has 1 N–H and O–H groups in total. The molecule has 2 amide bonds. The summed E-state index contributed by atoms with van der Waals surface area (Å²) < 4.78 is 45.9. The maximum absolute atomic E-state index is 14.4. The van der Waals surface area contributed by atoms with Crippen LogP contribution in [0.3, 0.4) is 0 Å². The van der Waals surface area contributed by atoms with Crippen LogP contribution in [0.5, 0.6) is 17.2 Å². The Labute approximate surface area is 276 Å². The number of sulfonamides is 1. The van der Waals surface area contributed by atoms with Gasteiger partial charge >= 0.3 is 0 Å². The van der Waals surface area contributed by atoms with Crippen LogP contribution in [0.2, 0.25) is 5.02 Å². The molecule has 3 aromatic rings. The van der Waals surface area contributed by atoms with Gasteiger partial charge in [-0.3, -0.25) is 13.9 Å². The Bertz CT molecular complexity index is 1640. The molecule has 4 rings (SSSR count). The minimum Gasteiger partial charge on any atom is -0.495 e. The van der Waals surface area contributed by atoms with Crippen molar-refractivity contribution in [2.45, 2.75) is 69.5 Å². The molecule has 3 aromatic carbocycles. The number of anilines is 1. The Morgan fingerprint density at radius 1 is 0.913 bits per heavy atom. The van der Waals surface area contributed by atoms with E-state index in [1.165, 1.54) is 56.6 Å². The molecule has 0 saturated heterocycles. The number of methoxy groups -OCH3 is 3. The fourth-order valence-electron chi connectivity index (χ4n) is 5.60. The smallest absolute Gasteiger partial charge is 0.265 e. The second-order valence-electron chi connectivity index (χ2n) is 11.3. The summed E-state index contributed by atoms with van der Waals surface area (Å²) in [6.45, 7) is 3.05. The van der Waals surface area contributed by atoms with Gasteiger partial charge in [0.2, 0.25) is 11.8 Å². The number of nitrogens with one attached hydrogen (secondary N) is 1. The molecule has 0 heterocycles. The molecule has 0 spiro atoms. The van der Waals surface area contributed by atoms with E-state index < -0.39 is 28.5 Å². The molecule has 0 aromatic heterocycles. The molecule has 1 atom stereocenters. The van der Waals surface area contributed by atoms with Crippen molar-refractivity contribution in [3.05, 3.63) is 76.8 Å². The Kier molecular flexibility index (Phi) is 11.8. The lowest BCUT2D eigenvalue weighted by Gasteiger charge is -2.34. The van der Waals surface area contributed by atoms with Crippen LogP contribution in [0.25, 0.3) is 0 Å². The molecule has 1 fully saturated rings. The molecular weight excluding hydrogens is 630 g/mol. The second-order valence-corrected chi connectivity index (χ2v) is 13.6. The number of carbonyl (C=O) groups is 2. The van der Waals surface area contributed by atoms with Crippen LogP contribution in [0.1, 0.15) is 50.2 Å². The van der Waals surface area contributed by atoms with Gasteiger partial charge in [-0.25, -0.2) is 8.42 Å². The second kappa shape index (κ2) is 15.6. The lowest BCUT2D eigenvalue weighted by Crippen LogP contribution is -2.53. The van der Waals surface area contributed by atoms with Crippen LogP contribution in [0.4, 0.5) is 5.69 Å². The maximum Gasteiger partial charge on any atom is 0.265 e. The van der Waals surface area contributed by atoms with Gasteiger partial charge in [0.1, 0.15) is 18.3 Å². The number of amides is 2. The van der Waals surface area contributed by atoms with E-state index in [-0.39, 0.29) is 45.6 Å². The van der Waals surface area contributed by atoms with Gasteiger partial charge in [0.05, 0.1) is 31.9 Å². The molecule has 0 unspecified atom stereocenters. The van der Waals surface area contributed by atoms with Crippen molar-refractivity contribution < 1.29 is 32.2 Å². The zero-order valence-corrected chi connectivity index (χ0v) is 28.5. The van der Waals surface area contributed by atoms with E-state index in [9.17, 15) is 18.0 Å². The van der Waals surface area contributed by atoms with E-state index in [0.717, 1.165) is 47.5 Å². The number of benzene rings is 3. The van der Waals surface area contributed by atoms with Crippen LogP contribution in [-0.2, 0) is 26.2 Å². The van der Waals surface area contributed by atoms with Gasteiger partial charge in [0.15, 0.2) is 11.5 Å². The first-order chi connectivity index (χ1) is 22.0. The molecule has 0 aliphatic heterocycles. The van der Waals surface area contributed by atoms with Crippen molar-refractivity contribution >= 4 is 39.1 Å². The third kappa shape index (κ3) is 8.06. The summed E-state index contributed by atoms with van der Waals surface area (Å²) in [5.41, 5.74) is 1.84. The number of hydrogen-bond donors (Lipinski definition) is 1. The third-order valence-electron chi connectivity index (χ3n) is 8.35. The highest BCUT2D eigenvalue weighted by Gasteiger charge is 2.35. The van der Waals surface area contributed by atoms with Crippen LogP contribution in [-0.4, -0.2) is 65.1 Å². The highest BCUT2D eigenvalue weighted by molar-refractivity contribution is 7.92. The molecule has 1 saturated carbocycles. The normalized spacial score (nSPS) is 14.2. The number of rotatable bonds is 13. The summed E-state index contributed by atoms with van der Waals surface area (Å²) in [7, 11) is -0.179. The zero-order chi connectivity index (χ0) is 33.4. The van der Waals surface area contributed by atoms with Crippen molar-refractivity contribution in [2.75, 3.05) is 32.2 Å². The third-order valence-corrected chi connectivity index (χ3v) is 10.3. The monoisotopic (exact) mass is 671 g/mol. The van der Waals surface area contributed by atoms with Gasteiger partial charge in [-0.15, -0.1) is 0 Å². The van der Waals surface area contributed by atoms with Crippen molar-refractivity contribution in [2.24, 2.45) is 0 Å². The number of hydrogen-bond acceptors (Lipinski definition) is 7. The van der Waals surface area contributed by atoms with Gasteiger partial charge in [0.25, 0.3) is 10.0 Å². The number of carbonyl (C=O) groups excluding carboxylic acids is 2. The average Bonchev–Trinajstić information content (AvgIpc) is 3.06. The fraction of sp³-hybridized carbons (Fsp3) is 0.412. The number of nitrogens with zero attached hydrogens (tertiary/aromatic N) is 2. The highest BCUT2D eigenvalue weighted by atomic mass is 35.5. The largest absolute Gasteiger partial charge is 0.495 e. The number of ether oxygens (including phenoxy) is 3. The van der Waals surface area contributed by atoms with Crippen molar-refractivity contribution in [3.8, 4) is 17.2 Å². The molecule has 1 aliphatic carbocycles. The average molecular weight is 672 g/mol. The van der Waals surface area contributed by atoms with Gasteiger partial charge in [-0.2, -0.15) is 0 Å². The molecule has 0 bridgehead atoms. The van der Waals surface area contributed by atoms with E-state index in [0.29, 0.717) is 5.75 Å². The van der Waals surface area contributed by atoms with Crippen LogP contribution in [0, 0.1) is 6.92 Å². The van der Waals surface area contributed by atoms with E-state index in [1.807, 2.05) is 31.2 Å². The first-order valence-corrected chi connectivity index (χ1v) is 17.0. The fourth-order valence-corrected chi connectivity index (χ4v) is 7.20. The first kappa shape index (κ1) is 34.9. The molecule has 12 heteroatoms. The summed E-state index contributed by atoms with van der Waals surface area (Å²) in [5.74, 6) is -0.146. The first-order valence-electron chi connectivity index (χ1n) is 15.2. The summed E-state index contributed by atoms with van der Waals surface area (Å²) in [4.78, 5) is 29.3. The standard InChI is InChI=1S/C34H42ClN3O7S/c1-23-11-9-10-12-25(23)21-37(24(2)34(40)36-27-13-7-6-8-14-27)33(39)22-38(29-19-26(35)15-17-30(29)43-3)46(41,42)28-16-18-31(44-4)32(20-28)45-5/h9-12,15-20,24,27H,6-8,13-14,21-22H2,1-5H3,(H,36,40)/t24-/m0/s1. The summed E-state index contributed by atoms with van der Waals surface area (Å²) in [5, 5.41) is 3.36. The van der Waals surface area contributed by atoms with Gasteiger partial charge in [0, 0.05) is 23.7 Å². The van der Waals surface area contributed by atoms with Crippen molar-refractivity contribution in [1.82, 2.24) is 10.2 Å². The Hall–Kier alpha value is -3.96. The lowest BCUT2D eigenvalue weighted by atomic mass is 9.95. The molecule has 0 radical (unpaired) electrons. The molecule has 1 aliphatic rings. The van der Waals surface area contributed by atoms with Crippen LogP contribution in [0.15, 0.2) is 65.6 Å². The maximum atomic E-state index is 14.4. The predicted molar refractivity (Wildman–Crippen MR) is 178 cm³/mol. The minimum absolute atomic E-state index is 0.0387. The minimum atomic E-state index is -4.43. The van der Waals surface area contributed by atoms with Crippen molar-refractivity contribution in [3.63, 3.8) is 0 Å². The predicted octanol–water partition coefficient (Wildman–Crippen LogP) is 5.74. The van der Waals surface area contributed by atoms with E-state index in [1.54, 1.807) is 13.0 Å². The zero-order valence-electron chi connectivity index (χ0n) is 26.9. The Morgan fingerprint density at radius 3 is 2.22 bits per heavy atom. The molecule has 10 nitrogen and oxygen atoms in total. The topological polar surface area (TPSA) is 114 Å². The molecular formula is C34H42ClN3O7S. The lowest BCUT2D eigenvalue weighted by molar-refractivity contribution is -0.139. The van der Waals surface area contributed by atoms with Crippen molar-refractivity contribution in [1.29, 1.82) is 0 Å². The van der Waals surface area contributed by atoms with Crippen LogP contribution >= 0.6 is 11.6 Å². The highest BCUT2D eigenvalue weighted by Crippen LogP contribution is 2.37. The van der Waals surface area contributed by atoms with E-state index in [4.69, 9.17) is 25.8 Å². The van der Waals surface area contributed by atoms with E-state index in [2.05, 4.69) is 5.32 Å².